The fraction of sp³-hybridized carbons (Fsp3) is 0.0732. The summed E-state index contributed by atoms with van der Waals surface area (Å²) in [7, 11) is -3.07. The molecule has 0 N–H and O–H groups in total. The zero-order chi connectivity index (χ0) is 34.4. The average Bonchev–Trinajstić information content (AvgIpc) is 3.67. The van der Waals surface area contributed by atoms with E-state index in [1.165, 1.54) is 18.2 Å². The number of aromatic nitrogens is 2. The first kappa shape index (κ1) is 31.1. The molecule has 0 aliphatic carbocycles. The van der Waals surface area contributed by atoms with E-state index in [0.717, 1.165) is 55.0 Å². The number of thiol groups is 1. The summed E-state index contributed by atoms with van der Waals surface area (Å²) in [6.45, 7) is 1.63. The van der Waals surface area contributed by atoms with Gasteiger partial charge in [0.05, 0.1) is 44.7 Å². The van der Waals surface area contributed by atoms with E-state index in [4.69, 9.17) is 9.47 Å². The van der Waals surface area contributed by atoms with E-state index in [0.29, 0.717) is 5.56 Å². The molecule has 9 heteroatoms. The molecular weight excluding hydrogens is 649 g/mol. The van der Waals surface area contributed by atoms with Crippen molar-refractivity contribution in [1.29, 1.82) is 0 Å². The summed E-state index contributed by atoms with van der Waals surface area (Å²) >= 11 is 0. The van der Waals surface area contributed by atoms with E-state index in [2.05, 4.69) is 63.7 Å². The summed E-state index contributed by atoms with van der Waals surface area (Å²) in [4.78, 5) is 25.8. The molecule has 0 spiro atoms. The Morgan fingerprint density at radius 2 is 0.940 bits per heavy atom. The molecule has 2 heterocycles. The number of fused-ring (bicyclic) bond motifs is 6. The Hall–Kier alpha value is -6.19. The van der Waals surface area contributed by atoms with Gasteiger partial charge in [0.2, 0.25) is 0 Å². The van der Waals surface area contributed by atoms with Gasteiger partial charge >= 0.3 is 11.9 Å². The van der Waals surface area contributed by atoms with Gasteiger partial charge in [-0.3, -0.25) is 0 Å². The van der Waals surface area contributed by atoms with Crippen LogP contribution in [0.25, 0.3) is 55.0 Å². The number of carbonyl (C=O) groups excluding carboxylic acids is 2. The lowest BCUT2D eigenvalue weighted by molar-refractivity contribution is 0.0472. The van der Waals surface area contributed by atoms with Crippen LogP contribution in [0.15, 0.2) is 138 Å². The highest BCUT2D eigenvalue weighted by Crippen LogP contribution is 2.36. The largest absolute Gasteiger partial charge is 0.462 e. The normalized spacial score (nSPS) is 11.6. The van der Waals surface area contributed by atoms with E-state index >= 15 is 0 Å². The number of esters is 2. The van der Waals surface area contributed by atoms with Gasteiger partial charge in [0.15, 0.2) is 10.7 Å². The molecule has 0 saturated heterocycles. The first-order chi connectivity index (χ1) is 24.4. The number of nitrogens with zero attached hydrogens (tertiary/aromatic N) is 2. The standard InChI is InChI=1S/C41H30N2O6S/c1-2-48-40(44)27-21-28(23-31(22-27)50(46)47)41(45)49-25-26-19-29(42-36-15-7-3-11-32(36)33-12-4-8-16-37(33)42)24-30(20-26)43-38-17-9-5-13-34(38)35-14-6-10-18-39(35)43/h3-24,50H,2,25H2,1H3. The molecule has 0 atom stereocenters. The second-order valence-electron chi connectivity index (χ2n) is 11.9. The van der Waals surface area contributed by atoms with Crippen LogP contribution in [-0.2, 0) is 26.8 Å². The van der Waals surface area contributed by atoms with Crippen molar-refractivity contribution in [2.24, 2.45) is 0 Å². The number of hydrogen-bond acceptors (Lipinski definition) is 6. The Kier molecular flexibility index (Phi) is 7.89. The van der Waals surface area contributed by atoms with Gasteiger partial charge in [-0.05, 0) is 73.2 Å². The molecule has 0 saturated carbocycles. The highest BCUT2D eigenvalue weighted by molar-refractivity contribution is 7.72. The van der Waals surface area contributed by atoms with Gasteiger partial charge in [0.1, 0.15) is 6.61 Å². The van der Waals surface area contributed by atoms with Crippen LogP contribution in [0, 0.1) is 0 Å². The minimum absolute atomic E-state index is 0.0440. The van der Waals surface area contributed by atoms with Gasteiger partial charge in [0.25, 0.3) is 0 Å². The van der Waals surface area contributed by atoms with Gasteiger partial charge in [-0.25, -0.2) is 18.0 Å². The molecule has 0 fully saturated rings. The van der Waals surface area contributed by atoms with Gasteiger partial charge < -0.3 is 18.6 Å². The molecule has 2 aromatic heterocycles. The number of ether oxygens (including phenoxy) is 2. The fourth-order valence-corrected chi connectivity index (χ4v) is 7.29. The third-order valence-electron chi connectivity index (χ3n) is 8.88. The predicted molar refractivity (Wildman–Crippen MR) is 195 cm³/mol. The molecule has 8 nitrogen and oxygen atoms in total. The van der Waals surface area contributed by atoms with Gasteiger partial charge in [-0.2, -0.15) is 0 Å². The summed E-state index contributed by atoms with van der Waals surface area (Å²) in [6, 6.07) is 42.9. The topological polar surface area (TPSA) is 96.6 Å². The summed E-state index contributed by atoms with van der Waals surface area (Å²) in [5, 5.41) is 4.47. The molecule has 0 amide bonds. The maximum absolute atomic E-state index is 13.5. The number of para-hydroxylation sites is 4. The van der Waals surface area contributed by atoms with Gasteiger partial charge in [-0.1, -0.05) is 72.8 Å². The Morgan fingerprint density at radius 1 is 0.540 bits per heavy atom. The van der Waals surface area contributed by atoms with Crippen LogP contribution in [0.2, 0.25) is 0 Å². The van der Waals surface area contributed by atoms with E-state index in [9.17, 15) is 18.0 Å². The Labute approximate surface area is 288 Å². The first-order valence-electron chi connectivity index (χ1n) is 16.2. The second kappa shape index (κ2) is 12.7. The Morgan fingerprint density at radius 3 is 1.34 bits per heavy atom. The SMILES string of the molecule is CCOC(=O)c1cc(C(=O)OCc2cc(-n3c4ccccc4c4ccccc43)cc(-n3c4ccccc4c4ccccc43)c2)cc([SH](=O)=O)c1. The zero-order valence-electron chi connectivity index (χ0n) is 26.9. The van der Waals surface area contributed by atoms with Crippen molar-refractivity contribution in [2.75, 3.05) is 6.61 Å². The maximum atomic E-state index is 13.5. The number of rotatable bonds is 8. The Balaban J connectivity index is 1.28. The molecule has 0 unspecified atom stereocenters. The fourth-order valence-electron chi connectivity index (χ4n) is 6.80. The van der Waals surface area contributed by atoms with Crippen LogP contribution < -0.4 is 0 Å². The Bertz CT molecular complexity index is 2470. The molecular formula is C41H30N2O6S. The lowest BCUT2D eigenvalue weighted by Crippen LogP contribution is -2.10. The number of carbonyl (C=O) groups is 2. The highest BCUT2D eigenvalue weighted by atomic mass is 32.2. The van der Waals surface area contributed by atoms with Crippen LogP contribution >= 0.6 is 0 Å². The third-order valence-corrected chi connectivity index (χ3v) is 9.56. The lowest BCUT2D eigenvalue weighted by atomic mass is 10.1. The second-order valence-corrected chi connectivity index (χ2v) is 12.9. The summed E-state index contributed by atoms with van der Waals surface area (Å²) in [5.41, 5.74) is 6.49. The van der Waals surface area contributed by atoms with Gasteiger partial charge in [-0.15, -0.1) is 0 Å². The average molecular weight is 679 g/mol. The quantitative estimate of drug-likeness (QED) is 0.128. The zero-order valence-corrected chi connectivity index (χ0v) is 27.8. The molecule has 0 aliphatic rings. The van der Waals surface area contributed by atoms with Crippen molar-refractivity contribution in [3.63, 3.8) is 0 Å². The van der Waals surface area contributed by atoms with Crippen molar-refractivity contribution in [3.8, 4) is 11.4 Å². The van der Waals surface area contributed by atoms with Crippen LogP contribution in [0.4, 0.5) is 0 Å². The van der Waals surface area contributed by atoms with Crippen LogP contribution in [-0.4, -0.2) is 36.1 Å². The van der Waals surface area contributed by atoms with Crippen molar-refractivity contribution >= 4 is 66.3 Å². The molecule has 8 aromatic rings. The van der Waals surface area contributed by atoms with Crippen LogP contribution in [0.1, 0.15) is 33.2 Å². The van der Waals surface area contributed by atoms with E-state index in [-0.39, 0.29) is 29.2 Å². The number of benzene rings is 6. The molecule has 246 valence electrons. The maximum Gasteiger partial charge on any atom is 0.338 e. The summed E-state index contributed by atoms with van der Waals surface area (Å²) in [6.07, 6.45) is 0. The smallest absolute Gasteiger partial charge is 0.338 e. The summed E-state index contributed by atoms with van der Waals surface area (Å²) < 4.78 is 39.1. The molecule has 0 radical (unpaired) electrons. The van der Waals surface area contributed by atoms with E-state index < -0.39 is 22.6 Å². The van der Waals surface area contributed by atoms with Crippen molar-refractivity contribution in [3.05, 3.63) is 150 Å². The molecule has 8 rings (SSSR count). The molecule has 0 bridgehead atoms. The van der Waals surface area contributed by atoms with Crippen molar-refractivity contribution in [1.82, 2.24) is 9.13 Å². The molecule has 0 aliphatic heterocycles. The minimum Gasteiger partial charge on any atom is -0.462 e. The number of hydrogen-bond donors (Lipinski definition) is 1. The van der Waals surface area contributed by atoms with Crippen LogP contribution in [0.5, 0.6) is 0 Å². The van der Waals surface area contributed by atoms with E-state index in [1.54, 1.807) is 6.92 Å². The third kappa shape index (κ3) is 5.38. The van der Waals surface area contributed by atoms with E-state index in [1.807, 2.05) is 60.7 Å². The minimum atomic E-state index is -3.07. The highest BCUT2D eigenvalue weighted by Gasteiger charge is 2.19. The van der Waals surface area contributed by atoms with Crippen molar-refractivity contribution in [2.45, 2.75) is 18.4 Å². The monoisotopic (exact) mass is 678 g/mol. The summed E-state index contributed by atoms with van der Waals surface area (Å²) in [5.74, 6) is -1.50. The first-order valence-corrected chi connectivity index (χ1v) is 17.3. The van der Waals surface area contributed by atoms with Gasteiger partial charge in [0, 0.05) is 32.9 Å². The lowest BCUT2D eigenvalue weighted by Gasteiger charge is -2.16. The van der Waals surface area contributed by atoms with Crippen molar-refractivity contribution < 1.29 is 27.5 Å². The van der Waals surface area contributed by atoms with Crippen LogP contribution in [0.3, 0.4) is 0 Å². The molecule has 50 heavy (non-hydrogen) atoms. The predicted octanol–water partition coefficient (Wildman–Crippen LogP) is 8.38. The molecule has 6 aromatic carbocycles.